The standard InChI is InChI=1S/C24H24NO2P/c1-2-26-24-23(18-19-27-24)25-28(20-12-6-3-7-13-20,21-14-8-4-9-15-21)22-16-10-5-11-17-22/h3-17H,2,18-19H2,1H3. The molecule has 0 aliphatic carbocycles. The fourth-order valence-electron chi connectivity index (χ4n) is 3.51. The van der Waals surface area contributed by atoms with Gasteiger partial charge in [0, 0.05) is 22.3 Å². The molecule has 4 rings (SSSR count). The van der Waals surface area contributed by atoms with Crippen LogP contribution in [0.4, 0.5) is 0 Å². The van der Waals surface area contributed by atoms with Crippen molar-refractivity contribution in [2.45, 2.75) is 13.3 Å². The van der Waals surface area contributed by atoms with Crippen LogP contribution in [0.5, 0.6) is 0 Å². The molecule has 0 bridgehead atoms. The van der Waals surface area contributed by atoms with Crippen molar-refractivity contribution in [3.8, 4) is 0 Å². The fraction of sp³-hybridized carbons (Fsp3) is 0.167. The molecule has 142 valence electrons. The highest BCUT2D eigenvalue weighted by Gasteiger charge is 2.30. The van der Waals surface area contributed by atoms with Crippen molar-refractivity contribution < 1.29 is 9.47 Å². The van der Waals surface area contributed by atoms with Crippen molar-refractivity contribution in [2.24, 2.45) is 4.74 Å². The quantitative estimate of drug-likeness (QED) is 0.568. The maximum Gasteiger partial charge on any atom is 0.301 e. The summed E-state index contributed by atoms with van der Waals surface area (Å²) < 4.78 is 16.9. The SMILES string of the molecule is CCOC1=C(N=P(c2ccccc2)(c2ccccc2)c2ccccc2)CCO1. The molecule has 0 spiro atoms. The van der Waals surface area contributed by atoms with E-state index in [1.807, 2.05) is 6.92 Å². The Morgan fingerprint density at radius 3 is 1.68 bits per heavy atom. The molecule has 0 saturated carbocycles. The minimum absolute atomic E-state index is 0.571. The van der Waals surface area contributed by atoms with Gasteiger partial charge >= 0.3 is 5.95 Å². The molecule has 0 fully saturated rings. The maximum absolute atomic E-state index is 5.75. The Balaban J connectivity index is 2.08. The van der Waals surface area contributed by atoms with Crippen LogP contribution in [-0.4, -0.2) is 13.2 Å². The van der Waals surface area contributed by atoms with Crippen LogP contribution in [0.1, 0.15) is 13.3 Å². The zero-order valence-corrected chi connectivity index (χ0v) is 16.9. The summed E-state index contributed by atoms with van der Waals surface area (Å²) in [6.45, 7) is 3.16. The van der Waals surface area contributed by atoms with Gasteiger partial charge in [-0.25, -0.2) is 0 Å². The van der Waals surface area contributed by atoms with Crippen molar-refractivity contribution in [3.63, 3.8) is 0 Å². The van der Waals surface area contributed by atoms with Gasteiger partial charge in [0.05, 0.1) is 20.3 Å². The van der Waals surface area contributed by atoms with Crippen LogP contribution in [0.25, 0.3) is 0 Å². The summed E-state index contributed by atoms with van der Waals surface area (Å²) in [5.41, 5.74) is 0.923. The van der Waals surface area contributed by atoms with Crippen LogP contribution >= 0.6 is 7.05 Å². The Morgan fingerprint density at radius 2 is 1.25 bits per heavy atom. The van der Waals surface area contributed by atoms with Crippen LogP contribution in [0, 0.1) is 0 Å². The first-order valence-corrected chi connectivity index (χ1v) is 11.4. The lowest BCUT2D eigenvalue weighted by Crippen LogP contribution is -2.25. The van der Waals surface area contributed by atoms with Gasteiger partial charge in [0.1, 0.15) is 5.70 Å². The molecule has 0 aromatic heterocycles. The largest absolute Gasteiger partial charge is 0.464 e. The van der Waals surface area contributed by atoms with Crippen LogP contribution in [-0.2, 0) is 9.47 Å². The number of nitrogens with zero attached hydrogens (tertiary/aromatic N) is 1. The van der Waals surface area contributed by atoms with Gasteiger partial charge in [-0.1, -0.05) is 91.0 Å². The molecule has 0 atom stereocenters. The summed E-state index contributed by atoms with van der Waals surface area (Å²) in [6.07, 6.45) is 0.767. The first-order chi connectivity index (χ1) is 13.8. The van der Waals surface area contributed by atoms with Gasteiger partial charge in [0.2, 0.25) is 0 Å². The second-order valence-corrected chi connectivity index (χ2v) is 9.53. The van der Waals surface area contributed by atoms with Gasteiger partial charge in [0.25, 0.3) is 0 Å². The third-order valence-corrected chi connectivity index (χ3v) is 8.42. The highest BCUT2D eigenvalue weighted by molar-refractivity contribution is 7.87. The Bertz CT molecular complexity index is 895. The van der Waals surface area contributed by atoms with E-state index in [4.69, 9.17) is 14.2 Å². The smallest absolute Gasteiger partial charge is 0.301 e. The van der Waals surface area contributed by atoms with Gasteiger partial charge in [-0.3, -0.25) is 4.74 Å². The summed E-state index contributed by atoms with van der Waals surface area (Å²) in [5.74, 6) is 0.578. The van der Waals surface area contributed by atoms with Crippen molar-refractivity contribution >= 4 is 23.0 Å². The molecular formula is C24H24NO2P. The van der Waals surface area contributed by atoms with Crippen molar-refractivity contribution in [1.29, 1.82) is 0 Å². The summed E-state index contributed by atoms with van der Waals surface area (Å²) >= 11 is 0. The Hall–Kier alpha value is -2.77. The molecule has 1 aliphatic heterocycles. The van der Waals surface area contributed by atoms with E-state index < -0.39 is 7.05 Å². The zero-order chi connectivity index (χ0) is 19.2. The normalized spacial score (nSPS) is 13.9. The highest BCUT2D eigenvalue weighted by atomic mass is 31.2. The van der Waals surface area contributed by atoms with Gasteiger partial charge in [-0.2, -0.15) is 0 Å². The third-order valence-electron chi connectivity index (χ3n) is 4.74. The van der Waals surface area contributed by atoms with E-state index in [9.17, 15) is 0 Å². The van der Waals surface area contributed by atoms with Gasteiger partial charge < -0.3 is 9.47 Å². The molecule has 3 nitrogen and oxygen atoms in total. The summed E-state index contributed by atoms with van der Waals surface area (Å²) in [5, 5.41) is 3.67. The van der Waals surface area contributed by atoms with E-state index in [0.29, 0.717) is 19.2 Å². The lowest BCUT2D eigenvalue weighted by Gasteiger charge is -2.27. The molecule has 1 heterocycles. The van der Waals surface area contributed by atoms with Crippen LogP contribution < -0.4 is 15.9 Å². The lowest BCUT2D eigenvalue weighted by molar-refractivity contribution is 0.0585. The van der Waals surface area contributed by atoms with Crippen LogP contribution in [0.2, 0.25) is 0 Å². The lowest BCUT2D eigenvalue weighted by atomic mass is 10.4. The summed E-state index contributed by atoms with van der Waals surface area (Å²) in [4.78, 5) is 0. The number of hydrogen-bond acceptors (Lipinski definition) is 3. The van der Waals surface area contributed by atoms with Crippen molar-refractivity contribution in [3.05, 3.63) is 103 Å². The van der Waals surface area contributed by atoms with E-state index in [-0.39, 0.29) is 0 Å². The summed E-state index contributed by atoms with van der Waals surface area (Å²) in [6, 6.07) is 31.8. The second-order valence-electron chi connectivity index (χ2n) is 6.51. The Morgan fingerprint density at radius 1 is 0.786 bits per heavy atom. The maximum atomic E-state index is 5.75. The average Bonchev–Trinajstić information content (AvgIpc) is 3.21. The molecule has 0 N–H and O–H groups in total. The number of rotatable bonds is 6. The molecule has 0 radical (unpaired) electrons. The van der Waals surface area contributed by atoms with Gasteiger partial charge in [-0.15, -0.1) is 0 Å². The predicted molar refractivity (Wildman–Crippen MR) is 117 cm³/mol. The minimum Gasteiger partial charge on any atom is -0.464 e. The van der Waals surface area contributed by atoms with Crippen molar-refractivity contribution in [2.75, 3.05) is 13.2 Å². The fourth-order valence-corrected chi connectivity index (χ4v) is 7.10. The van der Waals surface area contributed by atoms with E-state index in [1.54, 1.807) is 0 Å². The van der Waals surface area contributed by atoms with E-state index >= 15 is 0 Å². The Labute approximate surface area is 166 Å². The molecule has 0 saturated heterocycles. The number of hydrogen-bond donors (Lipinski definition) is 0. The first-order valence-electron chi connectivity index (χ1n) is 9.62. The minimum atomic E-state index is -2.26. The van der Waals surface area contributed by atoms with Crippen LogP contribution in [0.3, 0.4) is 0 Å². The topological polar surface area (TPSA) is 30.8 Å². The molecule has 28 heavy (non-hydrogen) atoms. The highest BCUT2D eigenvalue weighted by Crippen LogP contribution is 2.49. The summed E-state index contributed by atoms with van der Waals surface area (Å²) in [7, 11) is -2.26. The molecule has 3 aromatic carbocycles. The van der Waals surface area contributed by atoms with Crippen molar-refractivity contribution in [1.82, 2.24) is 0 Å². The Kier molecular flexibility index (Phi) is 5.64. The second kappa shape index (κ2) is 8.50. The number of benzene rings is 3. The third kappa shape index (κ3) is 3.50. The molecule has 4 heteroatoms. The molecule has 0 amide bonds. The molecular weight excluding hydrogens is 365 g/mol. The van der Waals surface area contributed by atoms with E-state index in [0.717, 1.165) is 12.1 Å². The zero-order valence-electron chi connectivity index (χ0n) is 16.0. The average molecular weight is 389 g/mol. The van der Waals surface area contributed by atoms with Gasteiger partial charge in [0.15, 0.2) is 0 Å². The predicted octanol–water partition coefficient (Wildman–Crippen LogP) is 4.79. The first kappa shape index (κ1) is 18.6. The van der Waals surface area contributed by atoms with E-state index in [2.05, 4.69) is 91.0 Å². The number of ether oxygens (including phenoxy) is 2. The molecule has 3 aromatic rings. The van der Waals surface area contributed by atoms with Gasteiger partial charge in [-0.05, 0) is 6.92 Å². The molecule has 0 unspecified atom stereocenters. The van der Waals surface area contributed by atoms with E-state index in [1.165, 1.54) is 15.9 Å². The van der Waals surface area contributed by atoms with Crippen LogP contribution in [0.15, 0.2) is 107 Å². The monoisotopic (exact) mass is 389 g/mol. The molecule has 1 aliphatic rings.